The van der Waals surface area contributed by atoms with E-state index in [0.717, 1.165) is 11.1 Å². The predicted molar refractivity (Wildman–Crippen MR) is 83.2 cm³/mol. The molecule has 0 bridgehead atoms. The zero-order valence-corrected chi connectivity index (χ0v) is 11.7. The molecule has 2 aromatic rings. The van der Waals surface area contributed by atoms with E-state index in [2.05, 4.69) is 0 Å². The van der Waals surface area contributed by atoms with Gasteiger partial charge in [-0.1, -0.05) is 60.7 Å². The maximum absolute atomic E-state index is 12.4. The van der Waals surface area contributed by atoms with E-state index in [1.54, 1.807) is 7.05 Å². The number of aliphatic hydroxyl groups excluding tert-OH is 1. The Morgan fingerprint density at radius 3 is 2.14 bits per heavy atom. The molecule has 1 aliphatic rings. The SMILES string of the molecule is CN1C(=O)C(c2ccccc2)=C(O)/C1=C/c1ccccc1. The third kappa shape index (κ3) is 2.34. The van der Waals surface area contributed by atoms with E-state index < -0.39 is 0 Å². The maximum Gasteiger partial charge on any atom is 0.262 e. The van der Waals surface area contributed by atoms with Gasteiger partial charge < -0.3 is 10.0 Å². The lowest BCUT2D eigenvalue weighted by Crippen LogP contribution is -2.20. The number of aliphatic hydroxyl groups is 1. The summed E-state index contributed by atoms with van der Waals surface area (Å²) in [5.41, 5.74) is 2.53. The van der Waals surface area contributed by atoms with Crippen molar-refractivity contribution in [2.75, 3.05) is 7.05 Å². The van der Waals surface area contributed by atoms with Gasteiger partial charge in [0.15, 0.2) is 5.76 Å². The Labute approximate surface area is 123 Å². The number of amides is 1. The van der Waals surface area contributed by atoms with Crippen LogP contribution in [0.15, 0.2) is 72.1 Å². The van der Waals surface area contributed by atoms with E-state index in [1.807, 2.05) is 66.7 Å². The third-order valence-electron chi connectivity index (χ3n) is 3.52. The average molecular weight is 277 g/mol. The van der Waals surface area contributed by atoms with Crippen molar-refractivity contribution in [2.45, 2.75) is 0 Å². The number of rotatable bonds is 2. The summed E-state index contributed by atoms with van der Waals surface area (Å²) in [6.07, 6.45) is 1.81. The maximum atomic E-state index is 12.4. The van der Waals surface area contributed by atoms with Gasteiger partial charge in [0.25, 0.3) is 5.91 Å². The highest BCUT2D eigenvalue weighted by molar-refractivity contribution is 6.24. The summed E-state index contributed by atoms with van der Waals surface area (Å²) in [5, 5.41) is 10.5. The van der Waals surface area contributed by atoms with Crippen LogP contribution in [0.3, 0.4) is 0 Å². The fourth-order valence-electron chi connectivity index (χ4n) is 2.40. The summed E-state index contributed by atoms with van der Waals surface area (Å²) in [6, 6.07) is 18.8. The predicted octanol–water partition coefficient (Wildman–Crippen LogP) is 3.47. The summed E-state index contributed by atoms with van der Waals surface area (Å²) in [4.78, 5) is 13.9. The van der Waals surface area contributed by atoms with Crippen molar-refractivity contribution in [3.05, 3.63) is 83.2 Å². The molecule has 2 aromatic carbocycles. The van der Waals surface area contributed by atoms with Gasteiger partial charge in [-0.15, -0.1) is 0 Å². The highest BCUT2D eigenvalue weighted by atomic mass is 16.3. The zero-order chi connectivity index (χ0) is 14.8. The molecule has 0 atom stereocenters. The van der Waals surface area contributed by atoms with Gasteiger partial charge in [0.2, 0.25) is 0 Å². The van der Waals surface area contributed by atoms with Crippen LogP contribution < -0.4 is 0 Å². The number of carbonyl (C=O) groups excluding carboxylic acids is 1. The fraction of sp³-hybridized carbons (Fsp3) is 0.0556. The van der Waals surface area contributed by atoms with E-state index in [-0.39, 0.29) is 11.7 Å². The van der Waals surface area contributed by atoms with Crippen LogP contribution in [0.4, 0.5) is 0 Å². The van der Waals surface area contributed by atoms with Crippen LogP contribution in [0.1, 0.15) is 11.1 Å². The smallest absolute Gasteiger partial charge is 0.262 e. The van der Waals surface area contributed by atoms with Gasteiger partial charge in [0.05, 0.1) is 11.3 Å². The topological polar surface area (TPSA) is 40.5 Å². The third-order valence-corrected chi connectivity index (χ3v) is 3.52. The van der Waals surface area contributed by atoms with Crippen LogP contribution >= 0.6 is 0 Å². The largest absolute Gasteiger partial charge is 0.505 e. The first-order chi connectivity index (χ1) is 10.2. The summed E-state index contributed by atoms with van der Waals surface area (Å²) in [6.45, 7) is 0. The number of carbonyl (C=O) groups is 1. The Hall–Kier alpha value is -2.81. The number of benzene rings is 2. The van der Waals surface area contributed by atoms with Gasteiger partial charge in [0, 0.05) is 7.05 Å². The van der Waals surface area contributed by atoms with Crippen LogP contribution in [0.5, 0.6) is 0 Å². The van der Waals surface area contributed by atoms with Crippen LogP contribution in [-0.4, -0.2) is 23.0 Å². The monoisotopic (exact) mass is 277 g/mol. The Morgan fingerprint density at radius 2 is 1.52 bits per heavy atom. The standard InChI is InChI=1S/C18H15NO2/c1-19-15(12-13-8-4-2-5-9-13)17(20)16(18(19)21)14-10-6-3-7-11-14/h2-12,20H,1H3/b15-12-. The molecule has 0 saturated heterocycles. The van der Waals surface area contributed by atoms with Crippen LogP contribution in [0.2, 0.25) is 0 Å². The van der Waals surface area contributed by atoms with E-state index in [9.17, 15) is 9.90 Å². The zero-order valence-electron chi connectivity index (χ0n) is 11.7. The lowest BCUT2D eigenvalue weighted by atomic mass is 10.1. The van der Waals surface area contributed by atoms with E-state index in [1.165, 1.54) is 4.90 Å². The molecule has 104 valence electrons. The van der Waals surface area contributed by atoms with E-state index in [4.69, 9.17) is 0 Å². The summed E-state index contributed by atoms with van der Waals surface area (Å²) < 4.78 is 0. The Balaban J connectivity index is 2.09. The molecule has 0 spiro atoms. The Morgan fingerprint density at radius 1 is 0.952 bits per heavy atom. The summed E-state index contributed by atoms with van der Waals surface area (Å²) >= 11 is 0. The molecule has 1 aliphatic heterocycles. The lowest BCUT2D eigenvalue weighted by Gasteiger charge is -2.11. The summed E-state index contributed by atoms with van der Waals surface area (Å²) in [7, 11) is 1.67. The first kappa shape index (κ1) is 13.2. The van der Waals surface area contributed by atoms with Crippen LogP contribution in [0, 0.1) is 0 Å². The molecule has 1 amide bonds. The first-order valence-electron chi connectivity index (χ1n) is 6.72. The molecule has 0 radical (unpaired) electrons. The van der Waals surface area contributed by atoms with Gasteiger partial charge in [0.1, 0.15) is 0 Å². The van der Waals surface area contributed by atoms with E-state index in [0.29, 0.717) is 11.3 Å². The Bertz CT molecular complexity index is 730. The molecule has 3 nitrogen and oxygen atoms in total. The number of nitrogens with zero attached hydrogens (tertiary/aromatic N) is 1. The van der Waals surface area contributed by atoms with Gasteiger partial charge in [-0.3, -0.25) is 4.79 Å². The molecule has 3 heteroatoms. The molecular weight excluding hydrogens is 262 g/mol. The van der Waals surface area contributed by atoms with Crippen molar-refractivity contribution >= 4 is 17.6 Å². The summed E-state index contributed by atoms with van der Waals surface area (Å²) in [5.74, 6) is -0.168. The second-order valence-electron chi connectivity index (χ2n) is 4.89. The minimum absolute atomic E-state index is 0.0255. The van der Waals surface area contributed by atoms with Crippen LogP contribution in [0.25, 0.3) is 11.6 Å². The molecule has 1 N–H and O–H groups in total. The number of likely N-dealkylation sites (N-methyl/N-ethyl adjacent to an activating group) is 1. The minimum Gasteiger partial charge on any atom is -0.505 e. The molecule has 0 aromatic heterocycles. The van der Waals surface area contributed by atoms with Crippen molar-refractivity contribution in [3.8, 4) is 0 Å². The van der Waals surface area contributed by atoms with Gasteiger partial charge in [-0.25, -0.2) is 0 Å². The van der Waals surface area contributed by atoms with Gasteiger partial charge >= 0.3 is 0 Å². The van der Waals surface area contributed by atoms with Crippen molar-refractivity contribution in [1.29, 1.82) is 0 Å². The fourth-order valence-corrected chi connectivity index (χ4v) is 2.40. The molecule has 0 fully saturated rings. The van der Waals surface area contributed by atoms with Gasteiger partial charge in [-0.2, -0.15) is 0 Å². The molecule has 21 heavy (non-hydrogen) atoms. The number of hydrogen-bond donors (Lipinski definition) is 1. The Kier molecular flexibility index (Phi) is 3.32. The normalized spacial score (nSPS) is 16.9. The minimum atomic E-state index is -0.194. The van der Waals surface area contributed by atoms with Crippen molar-refractivity contribution in [3.63, 3.8) is 0 Å². The molecular formula is C18H15NO2. The first-order valence-corrected chi connectivity index (χ1v) is 6.72. The molecule has 0 saturated carbocycles. The lowest BCUT2D eigenvalue weighted by molar-refractivity contribution is -0.121. The van der Waals surface area contributed by atoms with Gasteiger partial charge in [-0.05, 0) is 17.2 Å². The van der Waals surface area contributed by atoms with Crippen molar-refractivity contribution in [1.82, 2.24) is 4.90 Å². The van der Waals surface area contributed by atoms with Crippen LogP contribution in [-0.2, 0) is 4.79 Å². The van der Waals surface area contributed by atoms with Crippen molar-refractivity contribution < 1.29 is 9.90 Å². The van der Waals surface area contributed by atoms with Crippen molar-refractivity contribution in [2.24, 2.45) is 0 Å². The molecule has 0 aliphatic carbocycles. The molecule has 1 heterocycles. The second-order valence-corrected chi connectivity index (χ2v) is 4.89. The highest BCUT2D eigenvalue weighted by Gasteiger charge is 2.33. The second kappa shape index (κ2) is 5.29. The quantitative estimate of drug-likeness (QED) is 0.913. The molecule has 3 rings (SSSR count). The average Bonchev–Trinajstić information content (AvgIpc) is 2.73. The highest BCUT2D eigenvalue weighted by Crippen LogP contribution is 2.33. The molecule has 0 unspecified atom stereocenters. The van der Waals surface area contributed by atoms with E-state index >= 15 is 0 Å². The number of hydrogen-bond acceptors (Lipinski definition) is 2.